The van der Waals surface area contributed by atoms with Crippen molar-refractivity contribution in [2.75, 3.05) is 13.7 Å². The van der Waals surface area contributed by atoms with E-state index in [0.29, 0.717) is 44.6 Å². The average molecular weight is 718 g/mol. The number of nitrogens with zero attached hydrogens (tertiary/aromatic N) is 2. The maximum atomic E-state index is 14.6. The molecule has 2 aromatic rings. The van der Waals surface area contributed by atoms with E-state index >= 15 is 0 Å². The Kier molecular flexibility index (Phi) is 8.54. The summed E-state index contributed by atoms with van der Waals surface area (Å²) in [4.78, 5) is 49.7. The fraction of sp³-hybridized carbons (Fsp3) is 0.650. The lowest BCUT2D eigenvalue weighted by atomic mass is 9.79. The molecule has 3 aliphatic heterocycles. The van der Waals surface area contributed by atoms with Gasteiger partial charge in [-0.2, -0.15) is 0 Å². The predicted molar refractivity (Wildman–Crippen MR) is 193 cm³/mol. The summed E-state index contributed by atoms with van der Waals surface area (Å²) >= 11 is 0. The average Bonchev–Trinajstić information content (AvgIpc) is 3.97. The van der Waals surface area contributed by atoms with Gasteiger partial charge < -0.3 is 14.4 Å². The quantitative estimate of drug-likeness (QED) is 0.357. The molecule has 0 unspecified atom stereocenters. The van der Waals surface area contributed by atoms with E-state index < -0.39 is 37.7 Å². The Morgan fingerprint density at radius 3 is 2.59 bits per heavy atom. The third-order valence-electron chi connectivity index (χ3n) is 13.2. The molecule has 1 aromatic carbocycles. The molecule has 1 aromatic heterocycles. The molecule has 8 rings (SSSR count). The molecule has 6 aliphatic rings. The Morgan fingerprint density at radius 2 is 1.86 bits per heavy atom. The minimum atomic E-state index is -3.88. The highest BCUT2D eigenvalue weighted by Crippen LogP contribution is 2.58. The van der Waals surface area contributed by atoms with Gasteiger partial charge in [0.2, 0.25) is 21.8 Å². The van der Waals surface area contributed by atoms with Crippen LogP contribution >= 0.6 is 0 Å². The van der Waals surface area contributed by atoms with Crippen molar-refractivity contribution in [1.82, 2.24) is 14.6 Å². The van der Waals surface area contributed by atoms with Crippen LogP contribution < -0.4 is 14.2 Å². The summed E-state index contributed by atoms with van der Waals surface area (Å²) in [6.45, 7) is 3.90. The lowest BCUT2D eigenvalue weighted by molar-refractivity contribution is -0.142. The third kappa shape index (κ3) is 6.05. The van der Waals surface area contributed by atoms with Gasteiger partial charge in [-0.25, -0.2) is 13.4 Å². The number of sulfonamides is 1. The largest absolute Gasteiger partial charge is 0.497 e. The number of fused-ring (bicyclic) bond motifs is 5. The SMILES string of the molecule is COc1ccc2nc(C3CCC3)c3c(c2c1)CC[C@]1(C[C@H]2C(=O)C[C@]4(C(=O)NS(=O)(=O)C5(C)CC5)C[C@H]4/C=C\CCCCC[C@H](C)C(=O)N2C1)O3. The Labute approximate surface area is 301 Å². The van der Waals surface area contributed by atoms with Gasteiger partial charge in [-0.1, -0.05) is 38.3 Å². The molecular weight excluding hydrogens is 667 g/mol. The Morgan fingerprint density at radius 1 is 1.06 bits per heavy atom. The summed E-state index contributed by atoms with van der Waals surface area (Å²) in [5, 5.41) is 1.01. The number of ether oxygens (including phenoxy) is 2. The molecular formula is C40H51N3O7S. The van der Waals surface area contributed by atoms with Gasteiger partial charge in [-0.05, 0) is 95.2 Å². The van der Waals surface area contributed by atoms with Crippen molar-refractivity contribution in [3.05, 3.63) is 41.6 Å². The van der Waals surface area contributed by atoms with Crippen molar-refractivity contribution < 1.29 is 32.3 Å². The fourth-order valence-electron chi connectivity index (χ4n) is 9.01. The number of hydrogen-bond acceptors (Lipinski definition) is 8. The van der Waals surface area contributed by atoms with Crippen LogP contribution in [0.3, 0.4) is 0 Å². The van der Waals surface area contributed by atoms with Gasteiger partial charge in [-0.3, -0.25) is 19.1 Å². The van der Waals surface area contributed by atoms with E-state index in [9.17, 15) is 22.8 Å². The number of carbonyl (C=O) groups is 3. The maximum Gasteiger partial charge on any atom is 0.240 e. The molecule has 1 N–H and O–H groups in total. The third-order valence-corrected chi connectivity index (χ3v) is 15.3. The molecule has 0 radical (unpaired) electrons. The van der Waals surface area contributed by atoms with Gasteiger partial charge in [0.25, 0.3) is 0 Å². The zero-order valence-electron chi connectivity index (χ0n) is 30.2. The molecule has 51 heavy (non-hydrogen) atoms. The minimum Gasteiger partial charge on any atom is -0.497 e. The highest BCUT2D eigenvalue weighted by Gasteiger charge is 2.63. The van der Waals surface area contributed by atoms with Crippen molar-refractivity contribution >= 4 is 38.5 Å². The van der Waals surface area contributed by atoms with Crippen LogP contribution in [0.25, 0.3) is 10.9 Å². The van der Waals surface area contributed by atoms with Crippen LogP contribution in [0, 0.1) is 17.3 Å². The summed E-state index contributed by atoms with van der Waals surface area (Å²) < 4.78 is 40.5. The number of methoxy groups -OCH3 is 1. The second-order valence-electron chi connectivity index (χ2n) is 16.7. The van der Waals surface area contributed by atoms with Crippen LogP contribution in [0.5, 0.6) is 11.5 Å². The molecule has 11 heteroatoms. The number of pyridine rings is 1. The summed E-state index contributed by atoms with van der Waals surface area (Å²) in [5.41, 5.74) is 1.07. The zero-order valence-corrected chi connectivity index (χ0v) is 31.0. The first kappa shape index (κ1) is 34.6. The maximum absolute atomic E-state index is 14.6. The monoisotopic (exact) mass is 717 g/mol. The number of hydrogen-bond donors (Lipinski definition) is 1. The van der Waals surface area contributed by atoms with Gasteiger partial charge in [0.15, 0.2) is 5.78 Å². The van der Waals surface area contributed by atoms with Gasteiger partial charge in [0.05, 0.1) is 41.1 Å². The van der Waals surface area contributed by atoms with Crippen molar-refractivity contribution in [3.63, 3.8) is 0 Å². The van der Waals surface area contributed by atoms with Crippen molar-refractivity contribution in [2.24, 2.45) is 17.3 Å². The van der Waals surface area contributed by atoms with Gasteiger partial charge in [-0.15, -0.1) is 0 Å². The number of ketones is 1. The number of aryl methyl sites for hydroxylation is 1. The summed E-state index contributed by atoms with van der Waals surface area (Å²) in [7, 11) is -2.22. The van der Waals surface area contributed by atoms with Gasteiger partial charge in [0, 0.05) is 35.6 Å². The molecule has 0 bridgehead atoms. The van der Waals surface area contributed by atoms with E-state index in [1.807, 2.05) is 31.2 Å². The predicted octanol–water partition coefficient (Wildman–Crippen LogP) is 6.30. The zero-order chi connectivity index (χ0) is 35.8. The van der Waals surface area contributed by atoms with E-state index in [-0.39, 0.29) is 29.9 Å². The number of Topliss-reactive ketones (excluding diaryl/α,β-unsaturated/α-hetero) is 1. The molecule has 1 saturated heterocycles. The first-order valence-corrected chi connectivity index (χ1v) is 20.6. The van der Waals surface area contributed by atoms with Crippen molar-refractivity contribution in [3.8, 4) is 11.5 Å². The molecule has 3 aliphatic carbocycles. The molecule has 4 fully saturated rings. The first-order chi connectivity index (χ1) is 24.4. The normalized spacial score (nSPS) is 32.8. The van der Waals surface area contributed by atoms with Crippen molar-refractivity contribution in [2.45, 2.75) is 132 Å². The van der Waals surface area contributed by atoms with E-state index in [4.69, 9.17) is 14.5 Å². The molecule has 1 spiro atoms. The number of allylic oxidation sites excluding steroid dienone is 2. The summed E-state index contributed by atoms with van der Waals surface area (Å²) in [6.07, 6.45) is 14.8. The number of aromatic nitrogens is 1. The van der Waals surface area contributed by atoms with Crippen LogP contribution in [0.15, 0.2) is 30.4 Å². The number of amides is 2. The lowest BCUT2D eigenvalue weighted by Gasteiger charge is -2.39. The Bertz CT molecular complexity index is 1920. The van der Waals surface area contributed by atoms with Crippen LogP contribution in [-0.4, -0.2) is 65.9 Å². The molecule has 4 heterocycles. The number of carbonyl (C=O) groups excluding carboxylic acids is 3. The lowest BCUT2D eigenvalue weighted by Crippen LogP contribution is -2.47. The summed E-state index contributed by atoms with van der Waals surface area (Å²) in [5.74, 6) is 0.528. The Hall–Kier alpha value is -3.47. The molecule has 274 valence electrons. The highest BCUT2D eigenvalue weighted by atomic mass is 32.2. The number of rotatable bonds is 5. The first-order valence-electron chi connectivity index (χ1n) is 19.1. The standard InChI is InChI=1S/C40H51N3O7S/c1-25-10-7-5-4-6-8-13-27-21-40(27,37(46)42-51(47,48)38(2)18-19-38)23-33(44)32-22-39(24-43(32)36(25)45)17-16-29-30-20-28(49-3)14-15-31(30)41-34(35(29)50-39)26-11-9-12-26/h8,13-15,20,25-27,32H,4-7,9-12,16-19,21-24H2,1-3H3,(H,42,46)/b13-8-/t25-,27+,32-,39+,40+/m0/s1. The van der Waals surface area contributed by atoms with Crippen LogP contribution in [0.1, 0.15) is 121 Å². The summed E-state index contributed by atoms with van der Waals surface area (Å²) in [6, 6.07) is 5.20. The van der Waals surface area contributed by atoms with E-state index in [2.05, 4.69) is 10.8 Å². The topological polar surface area (TPSA) is 132 Å². The minimum absolute atomic E-state index is 0.0525. The van der Waals surface area contributed by atoms with E-state index in [0.717, 1.165) is 91.4 Å². The molecule has 3 saturated carbocycles. The van der Waals surface area contributed by atoms with Crippen LogP contribution in [0.4, 0.5) is 0 Å². The van der Waals surface area contributed by atoms with Crippen LogP contribution in [0.2, 0.25) is 0 Å². The van der Waals surface area contributed by atoms with E-state index in [1.54, 1.807) is 18.9 Å². The fourth-order valence-corrected chi connectivity index (χ4v) is 10.3. The molecule has 2 amide bonds. The second-order valence-corrected chi connectivity index (χ2v) is 18.9. The number of benzene rings is 1. The van der Waals surface area contributed by atoms with E-state index in [1.165, 1.54) is 0 Å². The molecule has 5 atom stereocenters. The number of nitrogens with one attached hydrogen (secondary N) is 1. The smallest absolute Gasteiger partial charge is 0.240 e. The molecule has 10 nitrogen and oxygen atoms in total. The van der Waals surface area contributed by atoms with Crippen molar-refractivity contribution in [1.29, 1.82) is 0 Å². The Balaban J connectivity index is 1.13. The van der Waals surface area contributed by atoms with Gasteiger partial charge >= 0.3 is 0 Å². The van der Waals surface area contributed by atoms with Gasteiger partial charge in [0.1, 0.15) is 17.1 Å². The highest BCUT2D eigenvalue weighted by molar-refractivity contribution is 7.91. The second kappa shape index (κ2) is 12.6. The van der Waals surface area contributed by atoms with Crippen LogP contribution in [-0.2, 0) is 30.8 Å².